The molecule has 2 heterocycles. The van der Waals surface area contributed by atoms with Gasteiger partial charge in [-0.1, -0.05) is 30.3 Å². The minimum Gasteiger partial charge on any atom is -0.457 e. The second kappa shape index (κ2) is 10.6. The van der Waals surface area contributed by atoms with E-state index in [1.165, 1.54) is 0 Å². The van der Waals surface area contributed by atoms with Crippen LogP contribution in [0.1, 0.15) is 24.8 Å². The molecule has 0 saturated carbocycles. The minimum atomic E-state index is -0.475. The van der Waals surface area contributed by atoms with Crippen LogP contribution in [0.25, 0.3) is 0 Å². The summed E-state index contributed by atoms with van der Waals surface area (Å²) >= 11 is 0. The van der Waals surface area contributed by atoms with E-state index in [0.717, 1.165) is 29.9 Å². The lowest BCUT2D eigenvalue weighted by Crippen LogP contribution is -2.56. The highest BCUT2D eigenvalue weighted by atomic mass is 16.5. The highest BCUT2D eigenvalue weighted by Crippen LogP contribution is 2.24. The summed E-state index contributed by atoms with van der Waals surface area (Å²) < 4.78 is 11.4. The smallest absolute Gasteiger partial charge is 0.237 e. The summed E-state index contributed by atoms with van der Waals surface area (Å²) in [5.41, 5.74) is 1.04. The van der Waals surface area contributed by atoms with Gasteiger partial charge in [-0.3, -0.25) is 14.5 Å². The lowest BCUT2D eigenvalue weighted by atomic mass is 10.0. The van der Waals surface area contributed by atoms with Gasteiger partial charge in [0.1, 0.15) is 11.5 Å². The monoisotopic (exact) mass is 437 g/mol. The van der Waals surface area contributed by atoms with Crippen LogP contribution in [0.4, 0.5) is 0 Å². The normalized spacial score (nSPS) is 19.9. The van der Waals surface area contributed by atoms with Crippen LogP contribution in [0.15, 0.2) is 54.6 Å². The lowest BCUT2D eigenvalue weighted by molar-refractivity contribution is -0.140. The number of amides is 2. The number of ether oxygens (including phenoxy) is 2. The van der Waals surface area contributed by atoms with E-state index < -0.39 is 6.04 Å². The van der Waals surface area contributed by atoms with Crippen molar-refractivity contribution < 1.29 is 19.1 Å². The number of nitrogens with zero attached hydrogens (tertiary/aromatic N) is 2. The van der Waals surface area contributed by atoms with Crippen LogP contribution in [0, 0.1) is 0 Å². The second-order valence-electron chi connectivity index (χ2n) is 8.39. The zero-order valence-corrected chi connectivity index (χ0v) is 18.5. The van der Waals surface area contributed by atoms with Gasteiger partial charge >= 0.3 is 0 Å². The Morgan fingerprint density at radius 1 is 1.12 bits per heavy atom. The van der Waals surface area contributed by atoms with E-state index in [-0.39, 0.29) is 24.3 Å². The number of hydrogen-bond acceptors (Lipinski definition) is 5. The Labute approximate surface area is 189 Å². The fourth-order valence-electron chi connectivity index (χ4n) is 4.33. The maximum absolute atomic E-state index is 13.0. The van der Waals surface area contributed by atoms with E-state index in [2.05, 4.69) is 10.2 Å². The number of benzene rings is 2. The molecule has 0 aliphatic carbocycles. The standard InChI is InChI=1S/C25H31N3O4/c1-27(20-10-14-31-15-11-20)24(29)17-23-25(30)26-12-13-28(23)18-19-6-5-9-22(16-19)32-21-7-3-2-4-8-21/h2-9,16,20,23H,10-15,17-18H2,1H3,(H,26,30). The average molecular weight is 438 g/mol. The quantitative estimate of drug-likeness (QED) is 0.721. The van der Waals surface area contributed by atoms with E-state index in [4.69, 9.17) is 9.47 Å². The first kappa shape index (κ1) is 22.3. The van der Waals surface area contributed by atoms with Crippen LogP contribution >= 0.6 is 0 Å². The molecule has 0 radical (unpaired) electrons. The molecule has 2 aromatic rings. The molecular formula is C25H31N3O4. The van der Waals surface area contributed by atoms with Crippen LogP contribution in [-0.4, -0.2) is 67.0 Å². The highest BCUT2D eigenvalue weighted by Gasteiger charge is 2.33. The van der Waals surface area contributed by atoms with Crippen LogP contribution in [0.5, 0.6) is 11.5 Å². The Morgan fingerprint density at radius 2 is 1.88 bits per heavy atom. The Bertz CT molecular complexity index is 914. The number of nitrogens with one attached hydrogen (secondary N) is 1. The third-order valence-corrected chi connectivity index (χ3v) is 6.20. The van der Waals surface area contributed by atoms with Crippen LogP contribution in [-0.2, 0) is 20.9 Å². The molecule has 7 heteroatoms. The first-order valence-corrected chi connectivity index (χ1v) is 11.3. The van der Waals surface area contributed by atoms with E-state index in [9.17, 15) is 9.59 Å². The second-order valence-corrected chi connectivity index (χ2v) is 8.39. The van der Waals surface area contributed by atoms with Gasteiger partial charge in [0.15, 0.2) is 0 Å². The van der Waals surface area contributed by atoms with E-state index >= 15 is 0 Å². The molecule has 2 aliphatic heterocycles. The van der Waals surface area contributed by atoms with Gasteiger partial charge in [-0.15, -0.1) is 0 Å². The highest BCUT2D eigenvalue weighted by molar-refractivity contribution is 5.88. The number of carbonyl (C=O) groups is 2. The SMILES string of the molecule is CN(C(=O)CC1C(=O)NCCN1Cc1cccc(Oc2ccccc2)c1)C1CCOCC1. The summed E-state index contributed by atoms with van der Waals surface area (Å²) in [6.07, 6.45) is 1.87. The van der Waals surface area contributed by atoms with Gasteiger partial charge in [-0.2, -0.15) is 0 Å². The topological polar surface area (TPSA) is 71.1 Å². The Morgan fingerprint density at radius 3 is 2.66 bits per heavy atom. The van der Waals surface area contributed by atoms with Crippen molar-refractivity contribution in [2.45, 2.75) is 37.9 Å². The van der Waals surface area contributed by atoms with Gasteiger partial charge in [0, 0.05) is 45.9 Å². The predicted octanol–water partition coefficient (Wildman–Crippen LogP) is 2.81. The van der Waals surface area contributed by atoms with E-state index in [0.29, 0.717) is 32.8 Å². The number of piperazine rings is 1. The minimum absolute atomic E-state index is 0.00473. The van der Waals surface area contributed by atoms with E-state index in [1.54, 1.807) is 4.90 Å². The molecule has 2 aromatic carbocycles. The number of carbonyl (C=O) groups excluding carboxylic acids is 2. The van der Waals surface area contributed by atoms with Crippen molar-refractivity contribution in [1.29, 1.82) is 0 Å². The van der Waals surface area contributed by atoms with Crippen LogP contribution in [0.2, 0.25) is 0 Å². The molecule has 2 fully saturated rings. The average Bonchev–Trinajstić information content (AvgIpc) is 2.82. The molecule has 1 atom stereocenters. The molecule has 1 unspecified atom stereocenters. The van der Waals surface area contributed by atoms with Gasteiger partial charge in [0.2, 0.25) is 11.8 Å². The molecule has 0 spiro atoms. The zero-order chi connectivity index (χ0) is 22.3. The fourth-order valence-corrected chi connectivity index (χ4v) is 4.33. The van der Waals surface area contributed by atoms with Crippen molar-refractivity contribution in [3.8, 4) is 11.5 Å². The number of hydrogen-bond donors (Lipinski definition) is 1. The largest absolute Gasteiger partial charge is 0.457 e. The van der Waals surface area contributed by atoms with Gasteiger partial charge < -0.3 is 19.7 Å². The number of rotatable bonds is 7. The molecule has 2 saturated heterocycles. The van der Waals surface area contributed by atoms with E-state index in [1.807, 2.05) is 61.6 Å². The summed E-state index contributed by atoms with van der Waals surface area (Å²) in [5, 5.41) is 2.92. The molecule has 4 rings (SSSR count). The van der Waals surface area contributed by atoms with Crippen molar-refractivity contribution in [2.75, 3.05) is 33.4 Å². The molecule has 0 bridgehead atoms. The first-order valence-electron chi connectivity index (χ1n) is 11.3. The summed E-state index contributed by atoms with van der Waals surface area (Å²) in [6.45, 7) is 3.23. The Hall–Kier alpha value is -2.90. The molecular weight excluding hydrogens is 406 g/mol. The summed E-state index contributed by atoms with van der Waals surface area (Å²) in [6, 6.07) is 17.3. The lowest BCUT2D eigenvalue weighted by Gasteiger charge is -2.37. The molecule has 2 aliphatic rings. The summed E-state index contributed by atoms with van der Waals surface area (Å²) in [5.74, 6) is 1.45. The third-order valence-electron chi connectivity index (χ3n) is 6.20. The predicted molar refractivity (Wildman–Crippen MR) is 121 cm³/mol. The Kier molecular flexibility index (Phi) is 7.39. The fraction of sp³-hybridized carbons (Fsp3) is 0.440. The molecule has 170 valence electrons. The molecule has 1 N–H and O–H groups in total. The summed E-state index contributed by atoms with van der Waals surface area (Å²) in [4.78, 5) is 29.5. The van der Waals surface area contributed by atoms with Gasteiger partial charge in [0.25, 0.3) is 0 Å². The van der Waals surface area contributed by atoms with Gasteiger partial charge in [0.05, 0.1) is 12.5 Å². The number of para-hydroxylation sites is 1. The maximum atomic E-state index is 13.0. The van der Waals surface area contributed by atoms with Gasteiger partial charge in [-0.25, -0.2) is 0 Å². The maximum Gasteiger partial charge on any atom is 0.237 e. The van der Waals surface area contributed by atoms with Gasteiger partial charge in [-0.05, 0) is 42.7 Å². The molecule has 0 aromatic heterocycles. The molecule has 7 nitrogen and oxygen atoms in total. The van der Waals surface area contributed by atoms with Crippen LogP contribution in [0.3, 0.4) is 0 Å². The van der Waals surface area contributed by atoms with Crippen molar-refractivity contribution in [3.05, 3.63) is 60.2 Å². The Balaban J connectivity index is 1.41. The first-order chi connectivity index (χ1) is 15.6. The summed E-state index contributed by atoms with van der Waals surface area (Å²) in [7, 11) is 1.84. The van der Waals surface area contributed by atoms with Crippen molar-refractivity contribution >= 4 is 11.8 Å². The zero-order valence-electron chi connectivity index (χ0n) is 18.5. The van der Waals surface area contributed by atoms with Crippen molar-refractivity contribution in [1.82, 2.24) is 15.1 Å². The van der Waals surface area contributed by atoms with Crippen molar-refractivity contribution in [3.63, 3.8) is 0 Å². The molecule has 2 amide bonds. The molecule has 32 heavy (non-hydrogen) atoms. The third kappa shape index (κ3) is 5.66. The van der Waals surface area contributed by atoms with Crippen molar-refractivity contribution in [2.24, 2.45) is 0 Å². The van der Waals surface area contributed by atoms with Crippen LogP contribution < -0.4 is 10.1 Å².